The number of nitrogens with zero attached hydrogens (tertiary/aromatic N) is 2. The Hall–Kier alpha value is -0.870. The third-order valence-electron chi connectivity index (χ3n) is 2.40. The molecule has 1 aromatic rings. The summed E-state index contributed by atoms with van der Waals surface area (Å²) in [6.45, 7) is 6.94. The maximum Gasteiger partial charge on any atom is 0.148 e. The SMILES string of the molecule is CC(C)CC(C)(CN)Nc1ncncc1Cl. The van der Waals surface area contributed by atoms with Gasteiger partial charge in [-0.3, -0.25) is 0 Å². The van der Waals surface area contributed by atoms with Crippen molar-refractivity contribution in [3.63, 3.8) is 0 Å². The van der Waals surface area contributed by atoms with E-state index in [2.05, 4.69) is 36.1 Å². The third-order valence-corrected chi connectivity index (χ3v) is 2.67. The number of nitrogens with one attached hydrogen (secondary N) is 1. The minimum absolute atomic E-state index is 0.188. The molecule has 1 rings (SSSR count). The van der Waals surface area contributed by atoms with Crippen LogP contribution in [0.25, 0.3) is 0 Å². The highest BCUT2D eigenvalue weighted by Crippen LogP contribution is 2.24. The van der Waals surface area contributed by atoms with Gasteiger partial charge in [0.15, 0.2) is 0 Å². The Morgan fingerprint density at radius 1 is 1.56 bits per heavy atom. The van der Waals surface area contributed by atoms with E-state index in [0.29, 0.717) is 23.3 Å². The summed E-state index contributed by atoms with van der Waals surface area (Å²) in [5.74, 6) is 1.20. The molecule has 0 aliphatic carbocycles. The van der Waals surface area contributed by atoms with Gasteiger partial charge in [0.1, 0.15) is 17.2 Å². The minimum Gasteiger partial charge on any atom is -0.362 e. The van der Waals surface area contributed by atoms with Gasteiger partial charge in [0.05, 0.1) is 6.20 Å². The van der Waals surface area contributed by atoms with E-state index >= 15 is 0 Å². The lowest BCUT2D eigenvalue weighted by molar-refractivity contribution is 0.406. The van der Waals surface area contributed by atoms with Gasteiger partial charge >= 0.3 is 0 Å². The summed E-state index contributed by atoms with van der Waals surface area (Å²) in [4.78, 5) is 7.96. The van der Waals surface area contributed by atoms with Gasteiger partial charge in [-0.25, -0.2) is 9.97 Å². The van der Waals surface area contributed by atoms with Crippen LogP contribution >= 0.6 is 11.6 Å². The molecular formula is C11H19ClN4. The maximum absolute atomic E-state index is 6.00. The number of nitrogens with two attached hydrogens (primary N) is 1. The lowest BCUT2D eigenvalue weighted by atomic mass is 9.91. The highest BCUT2D eigenvalue weighted by Gasteiger charge is 2.24. The largest absolute Gasteiger partial charge is 0.362 e. The van der Waals surface area contributed by atoms with E-state index in [0.717, 1.165) is 6.42 Å². The van der Waals surface area contributed by atoms with Gasteiger partial charge in [-0.2, -0.15) is 0 Å². The van der Waals surface area contributed by atoms with E-state index in [-0.39, 0.29) is 5.54 Å². The van der Waals surface area contributed by atoms with Gasteiger partial charge < -0.3 is 11.1 Å². The molecule has 0 bridgehead atoms. The van der Waals surface area contributed by atoms with Crippen LogP contribution < -0.4 is 11.1 Å². The summed E-state index contributed by atoms with van der Waals surface area (Å²) in [5.41, 5.74) is 5.62. The van der Waals surface area contributed by atoms with Gasteiger partial charge in [0.25, 0.3) is 0 Å². The van der Waals surface area contributed by atoms with Gasteiger partial charge in [-0.05, 0) is 19.3 Å². The Kier molecular flexibility index (Phi) is 4.50. The van der Waals surface area contributed by atoms with Crippen LogP contribution in [0.1, 0.15) is 27.2 Å². The number of hydrogen-bond acceptors (Lipinski definition) is 4. The van der Waals surface area contributed by atoms with Crippen molar-refractivity contribution in [1.29, 1.82) is 0 Å². The van der Waals surface area contributed by atoms with Gasteiger partial charge in [-0.15, -0.1) is 0 Å². The van der Waals surface area contributed by atoms with E-state index in [4.69, 9.17) is 17.3 Å². The second kappa shape index (κ2) is 5.46. The topological polar surface area (TPSA) is 63.8 Å². The van der Waals surface area contributed by atoms with Crippen LogP contribution in [0.15, 0.2) is 12.5 Å². The molecule has 1 aromatic heterocycles. The molecule has 1 unspecified atom stereocenters. The maximum atomic E-state index is 6.00. The highest BCUT2D eigenvalue weighted by atomic mass is 35.5. The summed E-state index contributed by atoms with van der Waals surface area (Å²) >= 11 is 6.00. The fourth-order valence-corrected chi connectivity index (χ4v) is 1.93. The van der Waals surface area contributed by atoms with Crippen LogP contribution in [-0.4, -0.2) is 22.1 Å². The summed E-state index contributed by atoms with van der Waals surface area (Å²) in [7, 11) is 0. The molecule has 0 amide bonds. The summed E-state index contributed by atoms with van der Waals surface area (Å²) in [6, 6.07) is 0. The zero-order valence-electron chi connectivity index (χ0n) is 10.00. The normalized spacial score (nSPS) is 14.9. The minimum atomic E-state index is -0.188. The molecule has 0 aliphatic rings. The number of rotatable bonds is 5. The van der Waals surface area contributed by atoms with Crippen molar-refractivity contribution in [1.82, 2.24) is 9.97 Å². The van der Waals surface area contributed by atoms with Gasteiger partial charge in [-0.1, -0.05) is 25.4 Å². The molecule has 3 N–H and O–H groups in total. The molecular weight excluding hydrogens is 224 g/mol. The Morgan fingerprint density at radius 3 is 2.75 bits per heavy atom. The Morgan fingerprint density at radius 2 is 2.25 bits per heavy atom. The lowest BCUT2D eigenvalue weighted by Gasteiger charge is -2.31. The number of anilines is 1. The lowest BCUT2D eigenvalue weighted by Crippen LogP contribution is -2.44. The van der Waals surface area contributed by atoms with E-state index in [1.165, 1.54) is 6.33 Å². The van der Waals surface area contributed by atoms with Crippen molar-refractivity contribution < 1.29 is 0 Å². The molecule has 0 saturated heterocycles. The van der Waals surface area contributed by atoms with Crippen molar-refractivity contribution in [2.45, 2.75) is 32.7 Å². The van der Waals surface area contributed by atoms with Crippen molar-refractivity contribution in [2.75, 3.05) is 11.9 Å². The van der Waals surface area contributed by atoms with Crippen LogP contribution in [0.3, 0.4) is 0 Å². The monoisotopic (exact) mass is 242 g/mol. The summed E-state index contributed by atoms with van der Waals surface area (Å²) < 4.78 is 0. The average Bonchev–Trinajstić information content (AvgIpc) is 2.20. The molecule has 4 nitrogen and oxygen atoms in total. The molecule has 1 heterocycles. The standard InChI is InChI=1S/C11H19ClN4/c1-8(2)4-11(3,6-13)16-10-9(12)5-14-7-15-10/h5,7-8H,4,6,13H2,1-3H3,(H,14,15,16). The molecule has 16 heavy (non-hydrogen) atoms. The molecule has 90 valence electrons. The Balaban J connectivity index is 2.81. The first-order chi connectivity index (χ1) is 7.47. The van der Waals surface area contributed by atoms with Crippen molar-refractivity contribution in [2.24, 2.45) is 11.7 Å². The molecule has 0 radical (unpaired) electrons. The van der Waals surface area contributed by atoms with Crippen molar-refractivity contribution in [3.05, 3.63) is 17.5 Å². The van der Waals surface area contributed by atoms with E-state index in [1.54, 1.807) is 6.20 Å². The summed E-state index contributed by atoms with van der Waals surface area (Å²) in [6.07, 6.45) is 4.01. The molecule has 0 saturated carbocycles. The Labute approximate surface area is 102 Å². The molecule has 0 aromatic carbocycles. The molecule has 0 spiro atoms. The quantitative estimate of drug-likeness (QED) is 0.832. The fraction of sp³-hybridized carbons (Fsp3) is 0.636. The van der Waals surface area contributed by atoms with Crippen LogP contribution in [-0.2, 0) is 0 Å². The van der Waals surface area contributed by atoms with Crippen molar-refractivity contribution >= 4 is 17.4 Å². The molecule has 0 aliphatic heterocycles. The molecule has 0 fully saturated rings. The molecule has 5 heteroatoms. The van der Waals surface area contributed by atoms with Crippen LogP contribution in [0, 0.1) is 5.92 Å². The zero-order chi connectivity index (χ0) is 12.2. The predicted octanol–water partition coefficient (Wildman–Crippen LogP) is 2.31. The van der Waals surface area contributed by atoms with Crippen molar-refractivity contribution in [3.8, 4) is 0 Å². The van der Waals surface area contributed by atoms with E-state index in [1.807, 2.05) is 0 Å². The third kappa shape index (κ3) is 3.61. The van der Waals surface area contributed by atoms with Crippen LogP contribution in [0.4, 0.5) is 5.82 Å². The van der Waals surface area contributed by atoms with Crippen LogP contribution in [0.2, 0.25) is 5.02 Å². The number of hydrogen-bond donors (Lipinski definition) is 2. The Bertz CT molecular complexity index is 343. The van der Waals surface area contributed by atoms with Gasteiger partial charge in [0, 0.05) is 12.1 Å². The first kappa shape index (κ1) is 13.2. The fourth-order valence-electron chi connectivity index (χ4n) is 1.78. The van der Waals surface area contributed by atoms with Gasteiger partial charge in [0.2, 0.25) is 0 Å². The number of aromatic nitrogens is 2. The average molecular weight is 243 g/mol. The predicted molar refractivity (Wildman–Crippen MR) is 67.6 cm³/mol. The second-order valence-electron chi connectivity index (χ2n) is 4.71. The highest BCUT2D eigenvalue weighted by molar-refractivity contribution is 6.32. The zero-order valence-corrected chi connectivity index (χ0v) is 10.8. The first-order valence-corrected chi connectivity index (χ1v) is 5.78. The first-order valence-electron chi connectivity index (χ1n) is 5.40. The second-order valence-corrected chi connectivity index (χ2v) is 5.11. The molecule has 1 atom stereocenters. The van der Waals surface area contributed by atoms with Crippen LogP contribution in [0.5, 0.6) is 0 Å². The van der Waals surface area contributed by atoms with E-state index in [9.17, 15) is 0 Å². The number of halogens is 1. The smallest absolute Gasteiger partial charge is 0.148 e. The summed E-state index contributed by atoms with van der Waals surface area (Å²) in [5, 5.41) is 3.82. The van der Waals surface area contributed by atoms with E-state index < -0.39 is 0 Å².